The number of hydrogen-bond acceptors (Lipinski definition) is 4. The molecule has 0 aliphatic heterocycles. The van der Waals surface area contributed by atoms with Gasteiger partial charge in [0.05, 0.1) is 23.0 Å². The lowest BCUT2D eigenvalue weighted by Gasteiger charge is -2.16. The van der Waals surface area contributed by atoms with Crippen LogP contribution in [0.5, 0.6) is 0 Å². The van der Waals surface area contributed by atoms with Crippen LogP contribution in [0.2, 0.25) is 5.02 Å². The summed E-state index contributed by atoms with van der Waals surface area (Å²) in [6.45, 7) is 0. The first kappa shape index (κ1) is 14.9. The lowest BCUT2D eigenvalue weighted by Crippen LogP contribution is -2.31. The number of nitrogens with zero attached hydrogens (tertiary/aromatic N) is 2. The van der Waals surface area contributed by atoms with E-state index in [1.54, 1.807) is 22.6 Å². The van der Waals surface area contributed by atoms with Gasteiger partial charge >= 0.3 is 0 Å². The Kier molecular flexibility index (Phi) is 5.29. The fraction of sp³-hybridized carbons (Fsp3) is 0.250. The third-order valence-corrected chi connectivity index (χ3v) is 5.12. The van der Waals surface area contributed by atoms with Crippen molar-refractivity contribution in [1.82, 2.24) is 15.2 Å². The van der Waals surface area contributed by atoms with Crippen LogP contribution in [0.15, 0.2) is 39.8 Å². The topological polar surface area (TPSA) is 55.9 Å². The number of rotatable bonds is 5. The van der Waals surface area contributed by atoms with Crippen LogP contribution in [0, 0.1) is 0 Å². The molecule has 7 heteroatoms. The number of hydrazine groups is 1. The molecular formula is C12H14BrClN4S. The zero-order valence-corrected chi connectivity index (χ0v) is 13.5. The number of nitrogens with two attached hydrogens (primary N) is 1. The maximum absolute atomic E-state index is 6.13. The first-order chi connectivity index (χ1) is 9.13. The van der Waals surface area contributed by atoms with Gasteiger partial charge in [-0.05, 0) is 28.1 Å². The number of thioether (sulfide) groups is 1. The van der Waals surface area contributed by atoms with E-state index in [4.69, 9.17) is 17.4 Å². The van der Waals surface area contributed by atoms with Crippen molar-refractivity contribution < 1.29 is 0 Å². The van der Waals surface area contributed by atoms with Crippen LogP contribution in [0.1, 0.15) is 11.7 Å². The van der Waals surface area contributed by atoms with E-state index in [1.807, 2.05) is 25.2 Å². The van der Waals surface area contributed by atoms with E-state index in [0.29, 0.717) is 5.02 Å². The molecule has 4 nitrogen and oxygen atoms in total. The van der Waals surface area contributed by atoms with Crippen LogP contribution in [0.4, 0.5) is 0 Å². The van der Waals surface area contributed by atoms with Gasteiger partial charge in [-0.3, -0.25) is 16.0 Å². The molecule has 2 rings (SSSR count). The Labute approximate surface area is 129 Å². The Morgan fingerprint density at radius 2 is 2.26 bits per heavy atom. The summed E-state index contributed by atoms with van der Waals surface area (Å²) in [5.74, 6) is 6.39. The van der Waals surface area contributed by atoms with Gasteiger partial charge in [0.25, 0.3) is 0 Å². The van der Waals surface area contributed by atoms with Crippen LogP contribution in [0.3, 0.4) is 0 Å². The molecule has 1 aromatic carbocycles. The second kappa shape index (κ2) is 6.76. The molecule has 0 bridgehead atoms. The molecule has 0 saturated heterocycles. The van der Waals surface area contributed by atoms with Crippen LogP contribution in [0.25, 0.3) is 0 Å². The number of nitrogens with one attached hydrogen (secondary N) is 1. The maximum Gasteiger partial charge on any atom is 0.0834 e. The third-order valence-electron chi connectivity index (χ3n) is 2.71. The minimum absolute atomic E-state index is 0.0582. The fourth-order valence-electron chi connectivity index (χ4n) is 1.75. The first-order valence-corrected chi connectivity index (χ1v) is 7.80. The Morgan fingerprint density at radius 1 is 1.53 bits per heavy atom. The van der Waals surface area contributed by atoms with Crippen LogP contribution in [-0.4, -0.2) is 15.5 Å². The van der Waals surface area contributed by atoms with E-state index in [1.165, 1.54) is 4.90 Å². The minimum Gasteiger partial charge on any atom is -0.271 e. The number of hydrogen-bond donors (Lipinski definition) is 2. The van der Waals surface area contributed by atoms with Gasteiger partial charge < -0.3 is 0 Å². The van der Waals surface area contributed by atoms with Crippen molar-refractivity contribution in [2.24, 2.45) is 12.9 Å². The van der Waals surface area contributed by atoms with Crippen LogP contribution >= 0.6 is 39.3 Å². The molecule has 0 amide bonds. The first-order valence-electron chi connectivity index (χ1n) is 5.64. The summed E-state index contributed by atoms with van der Waals surface area (Å²) in [4.78, 5) is 1.17. The fourth-order valence-corrected chi connectivity index (χ4v) is 3.66. The molecule has 0 radical (unpaired) electrons. The summed E-state index contributed by atoms with van der Waals surface area (Å²) in [6.07, 6.45) is 1.63. The van der Waals surface area contributed by atoms with Gasteiger partial charge in [-0.2, -0.15) is 5.10 Å². The van der Waals surface area contributed by atoms with Gasteiger partial charge in [0, 0.05) is 22.2 Å². The van der Waals surface area contributed by atoms with Gasteiger partial charge in [-0.15, -0.1) is 11.8 Å². The molecule has 102 valence electrons. The van der Waals surface area contributed by atoms with Crippen molar-refractivity contribution in [2.75, 3.05) is 5.75 Å². The Morgan fingerprint density at radius 3 is 2.84 bits per heavy atom. The van der Waals surface area contributed by atoms with E-state index in [0.717, 1.165) is 15.9 Å². The van der Waals surface area contributed by atoms with Crippen molar-refractivity contribution in [1.29, 1.82) is 0 Å². The summed E-state index contributed by atoms with van der Waals surface area (Å²) >= 11 is 11.4. The average Bonchev–Trinajstić information content (AvgIpc) is 2.73. The number of aryl methyl sites for hydroxylation is 1. The molecule has 1 heterocycles. The van der Waals surface area contributed by atoms with Gasteiger partial charge in [-0.1, -0.05) is 23.7 Å². The maximum atomic E-state index is 6.13. The van der Waals surface area contributed by atoms with Crippen molar-refractivity contribution in [3.8, 4) is 0 Å². The van der Waals surface area contributed by atoms with Crippen LogP contribution in [-0.2, 0) is 7.05 Å². The molecule has 0 aliphatic rings. The normalized spacial score (nSPS) is 12.6. The highest BCUT2D eigenvalue weighted by atomic mass is 79.9. The molecule has 0 saturated carbocycles. The van der Waals surface area contributed by atoms with E-state index in [9.17, 15) is 0 Å². The molecular weight excluding hydrogens is 348 g/mol. The highest BCUT2D eigenvalue weighted by Crippen LogP contribution is 2.31. The largest absolute Gasteiger partial charge is 0.271 e. The monoisotopic (exact) mass is 360 g/mol. The predicted octanol–water partition coefficient (Wildman–Crippen LogP) is 3.13. The lowest BCUT2D eigenvalue weighted by atomic mass is 10.2. The predicted molar refractivity (Wildman–Crippen MR) is 83.1 cm³/mol. The molecule has 0 spiro atoms. The van der Waals surface area contributed by atoms with Gasteiger partial charge in [0.15, 0.2) is 0 Å². The minimum atomic E-state index is -0.0582. The third kappa shape index (κ3) is 3.52. The number of halogens is 2. The smallest absolute Gasteiger partial charge is 0.0834 e. The summed E-state index contributed by atoms with van der Waals surface area (Å²) in [6, 6.07) is 8.02. The van der Waals surface area contributed by atoms with Gasteiger partial charge in [-0.25, -0.2) is 0 Å². The van der Waals surface area contributed by atoms with Crippen molar-refractivity contribution in [3.05, 3.63) is 45.7 Å². The second-order valence-corrected chi connectivity index (χ2v) is 6.29. The molecule has 1 atom stereocenters. The second-order valence-electron chi connectivity index (χ2n) is 3.96. The summed E-state index contributed by atoms with van der Waals surface area (Å²) in [5.41, 5.74) is 3.69. The highest BCUT2D eigenvalue weighted by Gasteiger charge is 2.18. The molecule has 0 aliphatic carbocycles. The average molecular weight is 362 g/mol. The lowest BCUT2D eigenvalue weighted by molar-refractivity contribution is 0.554. The van der Waals surface area contributed by atoms with Crippen LogP contribution < -0.4 is 11.3 Å². The molecule has 19 heavy (non-hydrogen) atoms. The molecule has 2 aromatic rings. The quantitative estimate of drug-likeness (QED) is 0.488. The van der Waals surface area contributed by atoms with E-state index < -0.39 is 0 Å². The Bertz CT molecular complexity index is 541. The molecule has 3 N–H and O–H groups in total. The summed E-state index contributed by atoms with van der Waals surface area (Å²) < 4.78 is 2.82. The molecule has 0 fully saturated rings. The van der Waals surface area contributed by atoms with Gasteiger partial charge in [0.2, 0.25) is 0 Å². The van der Waals surface area contributed by atoms with Crippen molar-refractivity contribution in [3.63, 3.8) is 0 Å². The number of benzene rings is 1. The van der Waals surface area contributed by atoms with E-state index in [-0.39, 0.29) is 6.04 Å². The highest BCUT2D eigenvalue weighted by molar-refractivity contribution is 9.10. The zero-order chi connectivity index (χ0) is 13.8. The Balaban J connectivity index is 2.11. The summed E-state index contributed by atoms with van der Waals surface area (Å²) in [7, 11) is 1.86. The van der Waals surface area contributed by atoms with Crippen molar-refractivity contribution in [2.45, 2.75) is 10.9 Å². The SMILES string of the molecule is Cn1ncc(Cl)c1C(CSc1ccccc1Br)NN. The zero-order valence-electron chi connectivity index (χ0n) is 10.3. The molecule has 1 aromatic heterocycles. The number of aromatic nitrogens is 2. The van der Waals surface area contributed by atoms with Crippen molar-refractivity contribution >= 4 is 39.3 Å². The van der Waals surface area contributed by atoms with Gasteiger partial charge in [0.1, 0.15) is 0 Å². The van der Waals surface area contributed by atoms with E-state index in [2.05, 4.69) is 32.5 Å². The summed E-state index contributed by atoms with van der Waals surface area (Å²) in [5, 5.41) is 4.75. The Hall–Kier alpha value is -0.530. The molecule has 1 unspecified atom stereocenters. The standard InChI is InChI=1S/C12H14BrClN4S/c1-18-12(9(14)6-16-18)10(17-15)7-19-11-5-3-2-4-8(11)13/h2-6,10,17H,7,15H2,1H3. The van der Waals surface area contributed by atoms with E-state index >= 15 is 0 Å².